The molecular weight excluding hydrogens is 194 g/mol. The molecule has 82 valence electrons. The van der Waals surface area contributed by atoms with Crippen LogP contribution in [-0.4, -0.2) is 4.98 Å². The lowest BCUT2D eigenvalue weighted by atomic mass is 9.98. The monoisotopic (exact) mass is 211 g/mol. The maximum absolute atomic E-state index is 4.63. The Morgan fingerprint density at radius 3 is 2.31 bits per heavy atom. The van der Waals surface area contributed by atoms with E-state index in [4.69, 9.17) is 0 Å². The SMILES string of the molecule is CCc1cc(C)c(-c2ccccc2)c(C)n1. The van der Waals surface area contributed by atoms with Gasteiger partial charge in [0.2, 0.25) is 0 Å². The average molecular weight is 211 g/mol. The number of aryl methyl sites for hydroxylation is 3. The average Bonchev–Trinajstić information content (AvgIpc) is 2.29. The number of aromatic nitrogens is 1. The minimum Gasteiger partial charge on any atom is -0.258 e. The zero-order valence-electron chi connectivity index (χ0n) is 10.1. The molecule has 0 amide bonds. The molecule has 1 heterocycles. The van der Waals surface area contributed by atoms with Gasteiger partial charge in [-0.1, -0.05) is 37.3 Å². The van der Waals surface area contributed by atoms with Gasteiger partial charge in [-0.3, -0.25) is 4.98 Å². The van der Waals surface area contributed by atoms with Crippen LogP contribution in [0, 0.1) is 13.8 Å². The van der Waals surface area contributed by atoms with Crippen LogP contribution in [0.3, 0.4) is 0 Å². The molecule has 1 aromatic carbocycles. The Labute approximate surface area is 97.2 Å². The van der Waals surface area contributed by atoms with E-state index in [1.165, 1.54) is 22.4 Å². The van der Waals surface area contributed by atoms with Gasteiger partial charge in [-0.05, 0) is 37.5 Å². The summed E-state index contributed by atoms with van der Waals surface area (Å²) in [5.41, 5.74) is 6.15. The lowest BCUT2D eigenvalue weighted by Crippen LogP contribution is -1.96. The third kappa shape index (κ3) is 1.99. The minimum absolute atomic E-state index is 0.997. The van der Waals surface area contributed by atoms with Gasteiger partial charge in [0.25, 0.3) is 0 Å². The molecule has 1 heteroatoms. The Kier molecular flexibility index (Phi) is 3.04. The minimum atomic E-state index is 0.997. The maximum atomic E-state index is 4.63. The highest BCUT2D eigenvalue weighted by atomic mass is 14.7. The fourth-order valence-corrected chi connectivity index (χ4v) is 2.13. The molecule has 0 radical (unpaired) electrons. The number of nitrogens with zero attached hydrogens (tertiary/aromatic N) is 1. The highest BCUT2D eigenvalue weighted by Gasteiger charge is 2.07. The van der Waals surface area contributed by atoms with E-state index < -0.39 is 0 Å². The summed E-state index contributed by atoms with van der Waals surface area (Å²) < 4.78 is 0. The molecule has 0 aliphatic carbocycles. The van der Waals surface area contributed by atoms with Gasteiger partial charge in [0.15, 0.2) is 0 Å². The first-order valence-corrected chi connectivity index (χ1v) is 5.75. The zero-order chi connectivity index (χ0) is 11.5. The van der Waals surface area contributed by atoms with E-state index in [1.54, 1.807) is 0 Å². The number of rotatable bonds is 2. The van der Waals surface area contributed by atoms with Gasteiger partial charge in [0.05, 0.1) is 0 Å². The first-order valence-electron chi connectivity index (χ1n) is 5.75. The van der Waals surface area contributed by atoms with Crippen molar-refractivity contribution in [3.05, 3.63) is 53.3 Å². The molecule has 2 aromatic rings. The highest BCUT2D eigenvalue weighted by Crippen LogP contribution is 2.26. The second-order valence-electron chi connectivity index (χ2n) is 4.11. The Morgan fingerprint density at radius 1 is 1.06 bits per heavy atom. The number of hydrogen-bond donors (Lipinski definition) is 0. The first kappa shape index (κ1) is 10.9. The van der Waals surface area contributed by atoms with Gasteiger partial charge in [-0.2, -0.15) is 0 Å². The fraction of sp³-hybridized carbons (Fsp3) is 0.267. The molecule has 0 bridgehead atoms. The van der Waals surface area contributed by atoms with E-state index in [9.17, 15) is 0 Å². The molecule has 1 aromatic heterocycles. The van der Waals surface area contributed by atoms with Crippen LogP contribution in [0.15, 0.2) is 36.4 Å². The molecule has 1 nitrogen and oxygen atoms in total. The molecule has 0 fully saturated rings. The van der Waals surface area contributed by atoms with Gasteiger partial charge >= 0.3 is 0 Å². The summed E-state index contributed by atoms with van der Waals surface area (Å²) in [4.78, 5) is 4.63. The molecule has 0 saturated carbocycles. The first-order chi connectivity index (χ1) is 7.72. The van der Waals surface area contributed by atoms with E-state index in [2.05, 4.69) is 56.1 Å². The van der Waals surface area contributed by atoms with Gasteiger partial charge < -0.3 is 0 Å². The summed E-state index contributed by atoms with van der Waals surface area (Å²) >= 11 is 0. The van der Waals surface area contributed by atoms with Crippen molar-refractivity contribution in [1.29, 1.82) is 0 Å². The Morgan fingerprint density at radius 2 is 1.75 bits per heavy atom. The van der Waals surface area contributed by atoms with Crippen molar-refractivity contribution in [1.82, 2.24) is 4.98 Å². The molecule has 0 atom stereocenters. The lowest BCUT2D eigenvalue weighted by Gasteiger charge is -2.11. The fourth-order valence-electron chi connectivity index (χ4n) is 2.13. The molecular formula is C15H17N. The van der Waals surface area contributed by atoms with Crippen LogP contribution in [0.4, 0.5) is 0 Å². The second kappa shape index (κ2) is 4.48. The van der Waals surface area contributed by atoms with Gasteiger partial charge in [-0.15, -0.1) is 0 Å². The van der Waals surface area contributed by atoms with Gasteiger partial charge in [-0.25, -0.2) is 0 Å². The Bertz CT molecular complexity index is 463. The predicted molar refractivity (Wildman–Crippen MR) is 68.5 cm³/mol. The third-order valence-corrected chi connectivity index (χ3v) is 2.88. The van der Waals surface area contributed by atoms with Crippen LogP contribution in [0.2, 0.25) is 0 Å². The maximum Gasteiger partial charge on any atom is 0.0456 e. The van der Waals surface area contributed by atoms with Crippen molar-refractivity contribution in [3.8, 4) is 11.1 Å². The second-order valence-corrected chi connectivity index (χ2v) is 4.11. The van der Waals surface area contributed by atoms with Crippen LogP contribution in [0.5, 0.6) is 0 Å². The van der Waals surface area contributed by atoms with Crippen molar-refractivity contribution in [3.63, 3.8) is 0 Å². The van der Waals surface area contributed by atoms with Crippen molar-refractivity contribution in [2.75, 3.05) is 0 Å². The van der Waals surface area contributed by atoms with Crippen LogP contribution in [0.25, 0.3) is 11.1 Å². The molecule has 0 saturated heterocycles. The summed E-state index contributed by atoms with van der Waals surface area (Å²) in [6, 6.07) is 12.7. The van der Waals surface area contributed by atoms with Crippen LogP contribution >= 0.6 is 0 Å². The largest absolute Gasteiger partial charge is 0.258 e. The highest BCUT2D eigenvalue weighted by molar-refractivity contribution is 5.69. The van der Waals surface area contributed by atoms with E-state index in [0.717, 1.165) is 12.1 Å². The Hall–Kier alpha value is -1.63. The van der Waals surface area contributed by atoms with Crippen molar-refractivity contribution in [2.45, 2.75) is 27.2 Å². The standard InChI is InChI=1S/C15H17N/c1-4-14-10-11(2)15(12(3)16-14)13-8-6-5-7-9-13/h5-10H,4H2,1-3H3. The molecule has 0 aliphatic rings. The van der Waals surface area contributed by atoms with Crippen LogP contribution in [-0.2, 0) is 6.42 Å². The summed E-state index contributed by atoms with van der Waals surface area (Å²) in [6.45, 7) is 6.40. The topological polar surface area (TPSA) is 12.9 Å². The summed E-state index contributed by atoms with van der Waals surface area (Å²) in [7, 11) is 0. The zero-order valence-corrected chi connectivity index (χ0v) is 10.1. The van der Waals surface area contributed by atoms with Gasteiger partial charge in [0.1, 0.15) is 0 Å². The number of pyridine rings is 1. The Balaban J connectivity index is 2.58. The van der Waals surface area contributed by atoms with Crippen molar-refractivity contribution < 1.29 is 0 Å². The molecule has 0 spiro atoms. The quantitative estimate of drug-likeness (QED) is 0.733. The normalized spacial score (nSPS) is 10.4. The van der Waals surface area contributed by atoms with Crippen LogP contribution in [0.1, 0.15) is 23.9 Å². The van der Waals surface area contributed by atoms with Gasteiger partial charge in [0, 0.05) is 17.0 Å². The number of hydrogen-bond acceptors (Lipinski definition) is 1. The van der Waals surface area contributed by atoms with Crippen molar-refractivity contribution in [2.24, 2.45) is 0 Å². The summed E-state index contributed by atoms with van der Waals surface area (Å²) in [5, 5.41) is 0. The summed E-state index contributed by atoms with van der Waals surface area (Å²) in [5.74, 6) is 0. The molecule has 2 rings (SSSR count). The third-order valence-electron chi connectivity index (χ3n) is 2.88. The summed E-state index contributed by atoms with van der Waals surface area (Å²) in [6.07, 6.45) is 0.997. The molecule has 0 N–H and O–H groups in total. The smallest absolute Gasteiger partial charge is 0.0456 e. The number of benzene rings is 1. The molecule has 0 aliphatic heterocycles. The van der Waals surface area contributed by atoms with E-state index in [1.807, 2.05) is 6.07 Å². The van der Waals surface area contributed by atoms with E-state index in [0.29, 0.717) is 0 Å². The van der Waals surface area contributed by atoms with Crippen molar-refractivity contribution >= 4 is 0 Å². The van der Waals surface area contributed by atoms with E-state index >= 15 is 0 Å². The molecule has 0 unspecified atom stereocenters. The van der Waals surface area contributed by atoms with E-state index in [-0.39, 0.29) is 0 Å². The van der Waals surface area contributed by atoms with Crippen LogP contribution < -0.4 is 0 Å². The molecule has 16 heavy (non-hydrogen) atoms. The lowest BCUT2D eigenvalue weighted by molar-refractivity contribution is 0.999. The predicted octanol–water partition coefficient (Wildman–Crippen LogP) is 3.93.